The summed E-state index contributed by atoms with van der Waals surface area (Å²) >= 11 is 0. The first kappa shape index (κ1) is 38.9. The molecule has 0 radical (unpaired) electrons. The number of hydrogen-bond acceptors (Lipinski definition) is 9. The molecule has 2 aliphatic heterocycles. The molecule has 3 rings (SSSR count). The summed E-state index contributed by atoms with van der Waals surface area (Å²) in [6.07, 6.45) is -0.0134. The number of amides is 7. The fraction of sp³-hybridized carbons (Fsp3) is 0.567. The van der Waals surface area contributed by atoms with E-state index >= 15 is 0 Å². The van der Waals surface area contributed by atoms with Crippen molar-refractivity contribution in [3.8, 4) is 5.75 Å². The highest BCUT2D eigenvalue weighted by Crippen LogP contribution is 2.37. The molecule has 5 atom stereocenters. The van der Waals surface area contributed by atoms with E-state index in [0.29, 0.717) is 18.4 Å². The van der Waals surface area contributed by atoms with Crippen molar-refractivity contribution in [2.75, 3.05) is 13.1 Å². The number of fused-ring (bicyclic) bond motifs is 1. The van der Waals surface area contributed by atoms with Gasteiger partial charge in [-0.25, -0.2) is 4.57 Å². The summed E-state index contributed by atoms with van der Waals surface area (Å²) in [5, 5.41) is 12.7. The molecule has 2 fully saturated rings. The molecule has 18 nitrogen and oxygen atoms in total. The van der Waals surface area contributed by atoms with Crippen molar-refractivity contribution >= 4 is 49.2 Å². The largest absolute Gasteiger partial charge is 0.524 e. The normalized spacial score (nSPS) is 25.0. The molecular weight excluding hydrogens is 665 g/mol. The number of nitrogens with zero attached hydrogens (tertiary/aromatic N) is 1. The summed E-state index contributed by atoms with van der Waals surface area (Å²) in [7, 11) is -4.83. The predicted molar refractivity (Wildman–Crippen MR) is 172 cm³/mol. The molecule has 2 aliphatic rings. The maximum atomic E-state index is 13.7. The van der Waals surface area contributed by atoms with E-state index in [4.69, 9.17) is 15.5 Å². The molecule has 2 saturated heterocycles. The van der Waals surface area contributed by atoms with Crippen molar-refractivity contribution < 1.29 is 52.4 Å². The van der Waals surface area contributed by atoms with Gasteiger partial charge in [0.1, 0.15) is 36.0 Å². The number of benzene rings is 1. The zero-order valence-corrected chi connectivity index (χ0v) is 28.5. The molecular formula is C30H44N7O11P. The number of primary amides is 1. The first-order valence-electron chi connectivity index (χ1n) is 15.8. The highest BCUT2D eigenvalue weighted by molar-refractivity contribution is 7.46. The second-order valence-electron chi connectivity index (χ2n) is 12.6. The van der Waals surface area contributed by atoms with Gasteiger partial charge in [-0.05, 0) is 42.4 Å². The first-order valence-corrected chi connectivity index (χ1v) is 17.3. The summed E-state index contributed by atoms with van der Waals surface area (Å²) in [6.45, 7) is 6.24. The van der Waals surface area contributed by atoms with E-state index in [1.54, 1.807) is 27.7 Å². The average Bonchev–Trinajstić information content (AvgIpc) is 3.49. The number of carbonyl (C=O) groups excluding carboxylic acids is 7. The lowest BCUT2D eigenvalue weighted by Gasteiger charge is -2.32. The van der Waals surface area contributed by atoms with Gasteiger partial charge in [0.2, 0.25) is 41.4 Å². The maximum absolute atomic E-state index is 13.7. The van der Waals surface area contributed by atoms with Gasteiger partial charge >= 0.3 is 7.82 Å². The average molecular weight is 710 g/mol. The van der Waals surface area contributed by atoms with Gasteiger partial charge in [0, 0.05) is 13.0 Å². The molecule has 0 aromatic heterocycles. The Morgan fingerprint density at radius 1 is 0.878 bits per heavy atom. The Kier molecular flexibility index (Phi) is 13.3. The fourth-order valence-electron chi connectivity index (χ4n) is 5.51. The van der Waals surface area contributed by atoms with Crippen molar-refractivity contribution in [3.05, 3.63) is 29.8 Å². The number of nitrogens with one attached hydrogen (secondary N) is 5. The minimum Gasteiger partial charge on any atom is -0.404 e. The van der Waals surface area contributed by atoms with E-state index in [1.807, 2.05) is 0 Å². The fourth-order valence-corrected chi connectivity index (χ4v) is 5.91. The first-order chi connectivity index (χ1) is 22.9. The summed E-state index contributed by atoms with van der Waals surface area (Å²) in [6, 6.07) is -0.871. The quantitative estimate of drug-likeness (QED) is 0.136. The second kappa shape index (κ2) is 16.7. The second-order valence-corrected chi connectivity index (χ2v) is 13.8. The lowest BCUT2D eigenvalue weighted by molar-refractivity contribution is -0.143. The van der Waals surface area contributed by atoms with Crippen LogP contribution < -0.4 is 36.8 Å². The van der Waals surface area contributed by atoms with Crippen molar-refractivity contribution in [1.82, 2.24) is 31.5 Å². The number of phosphoric acid groups is 1. The summed E-state index contributed by atoms with van der Waals surface area (Å²) in [4.78, 5) is 112. The third-order valence-corrected chi connectivity index (χ3v) is 8.47. The molecule has 0 aliphatic carbocycles. The van der Waals surface area contributed by atoms with Crippen molar-refractivity contribution in [2.45, 2.75) is 83.6 Å². The van der Waals surface area contributed by atoms with Crippen LogP contribution in [0.2, 0.25) is 0 Å². The van der Waals surface area contributed by atoms with Crippen LogP contribution in [0.25, 0.3) is 0 Å². The topological polar surface area (TPSA) is 276 Å². The molecule has 19 heteroatoms. The molecule has 0 spiro atoms. The van der Waals surface area contributed by atoms with Gasteiger partial charge in [0.15, 0.2) is 0 Å². The number of nitrogens with two attached hydrogens (primary N) is 1. The van der Waals surface area contributed by atoms with E-state index in [0.717, 1.165) is 0 Å². The standard InChI is InChI=1S/C30H44N7O11P/c1-15(2)24-29(43)34-20(13-22(31)38)27(41)36-25(16(3)4)30(44)37-11-5-6-21(37)28(42)32-14-23(39)33-19(26(40)35-24)12-17-7-9-18(10-8-17)48-49(45,46)47/h7-10,15-16,19-21,24-25H,5-6,11-14H2,1-4H3,(H2,31,38)(H,32,42)(H,33,39)(H,34,43)(H,35,40)(H,36,41)(H2,45,46,47)/t19-,20-,21-,24-,25-/m0/s1. The molecule has 49 heavy (non-hydrogen) atoms. The van der Waals surface area contributed by atoms with E-state index in [9.17, 15) is 38.1 Å². The molecule has 270 valence electrons. The van der Waals surface area contributed by atoms with Gasteiger partial charge in [-0.1, -0.05) is 39.8 Å². The Labute approximate surface area is 282 Å². The third kappa shape index (κ3) is 11.3. The Morgan fingerprint density at radius 3 is 2.04 bits per heavy atom. The smallest absolute Gasteiger partial charge is 0.404 e. The minimum atomic E-state index is -4.83. The molecule has 2 heterocycles. The van der Waals surface area contributed by atoms with Crippen LogP contribution in [0.4, 0.5) is 0 Å². The Bertz CT molecular complexity index is 1480. The maximum Gasteiger partial charge on any atom is 0.524 e. The van der Waals surface area contributed by atoms with Gasteiger partial charge in [0.25, 0.3) is 0 Å². The number of hydrogen-bond donors (Lipinski definition) is 8. The van der Waals surface area contributed by atoms with Crippen LogP contribution >= 0.6 is 7.82 Å². The number of phosphoric ester groups is 1. The Balaban J connectivity index is 1.98. The van der Waals surface area contributed by atoms with Gasteiger partial charge in [-0.15, -0.1) is 0 Å². The highest BCUT2D eigenvalue weighted by Gasteiger charge is 2.40. The van der Waals surface area contributed by atoms with Crippen molar-refractivity contribution in [1.29, 1.82) is 0 Å². The van der Waals surface area contributed by atoms with Crippen LogP contribution in [0.3, 0.4) is 0 Å². The van der Waals surface area contributed by atoms with Crippen LogP contribution in [0.5, 0.6) is 5.75 Å². The van der Waals surface area contributed by atoms with Crippen molar-refractivity contribution in [2.24, 2.45) is 17.6 Å². The van der Waals surface area contributed by atoms with E-state index in [1.165, 1.54) is 29.2 Å². The Morgan fingerprint density at radius 2 is 1.47 bits per heavy atom. The zero-order chi connectivity index (χ0) is 36.6. The summed E-state index contributed by atoms with van der Waals surface area (Å²) in [5.74, 6) is -6.55. The van der Waals surface area contributed by atoms with Crippen LogP contribution in [-0.2, 0) is 44.5 Å². The lowest BCUT2D eigenvalue weighted by Crippen LogP contribution is -2.62. The van der Waals surface area contributed by atoms with Gasteiger partial charge in [0.05, 0.1) is 13.0 Å². The molecule has 1 aromatic rings. The van der Waals surface area contributed by atoms with Crippen LogP contribution in [0, 0.1) is 11.8 Å². The summed E-state index contributed by atoms with van der Waals surface area (Å²) < 4.78 is 15.7. The van der Waals surface area contributed by atoms with Gasteiger partial charge < -0.3 is 41.7 Å². The van der Waals surface area contributed by atoms with E-state index in [2.05, 4.69) is 31.1 Å². The highest BCUT2D eigenvalue weighted by atomic mass is 31.2. The van der Waals surface area contributed by atoms with E-state index < -0.39 is 104 Å². The molecule has 7 amide bonds. The molecule has 0 saturated carbocycles. The SMILES string of the molecule is CC(C)[C@@H]1NC(=O)[C@H](Cc2ccc(OP(=O)(O)O)cc2)NC(=O)CNC(=O)[C@@H]2CCCN2C(=O)[C@H](C(C)C)NC(=O)[C@H](CC(N)=O)NC1=O. The van der Waals surface area contributed by atoms with Crippen LogP contribution in [-0.4, -0.2) is 99.3 Å². The van der Waals surface area contributed by atoms with Gasteiger partial charge in [-0.3, -0.25) is 43.3 Å². The number of rotatable bonds is 8. The van der Waals surface area contributed by atoms with Crippen molar-refractivity contribution in [3.63, 3.8) is 0 Å². The molecule has 0 unspecified atom stereocenters. The lowest BCUT2D eigenvalue weighted by atomic mass is 9.99. The number of carbonyl (C=O) groups is 7. The molecule has 0 bridgehead atoms. The van der Waals surface area contributed by atoms with Crippen LogP contribution in [0.1, 0.15) is 52.5 Å². The van der Waals surface area contributed by atoms with E-state index in [-0.39, 0.29) is 18.7 Å². The molecule has 1 aromatic carbocycles. The zero-order valence-electron chi connectivity index (χ0n) is 27.6. The minimum absolute atomic E-state index is 0.150. The monoisotopic (exact) mass is 709 g/mol. The Hall–Kier alpha value is -4.54. The molecule has 9 N–H and O–H groups in total. The predicted octanol–water partition coefficient (Wildman–Crippen LogP) is -2.05. The van der Waals surface area contributed by atoms with Crippen LogP contribution in [0.15, 0.2) is 24.3 Å². The van der Waals surface area contributed by atoms with Gasteiger partial charge in [-0.2, -0.15) is 0 Å². The summed E-state index contributed by atoms with van der Waals surface area (Å²) in [5.41, 5.74) is 5.81. The third-order valence-electron chi connectivity index (χ3n) is 8.02.